The van der Waals surface area contributed by atoms with Gasteiger partial charge in [-0.2, -0.15) is 0 Å². The molecule has 2 N–H and O–H groups in total. The van der Waals surface area contributed by atoms with Crippen molar-refractivity contribution in [2.45, 2.75) is 51.1 Å². The summed E-state index contributed by atoms with van der Waals surface area (Å²) < 4.78 is 0. The van der Waals surface area contributed by atoms with Crippen LogP contribution in [0.1, 0.15) is 39.0 Å². The predicted octanol–water partition coefficient (Wildman–Crippen LogP) is 1.28. The van der Waals surface area contributed by atoms with Gasteiger partial charge in [-0.15, -0.1) is 0 Å². The lowest BCUT2D eigenvalue weighted by atomic mass is 9.84. The van der Waals surface area contributed by atoms with E-state index in [2.05, 4.69) is 16.7 Å². The number of hydrogen-bond acceptors (Lipinski definition) is 3. The van der Waals surface area contributed by atoms with E-state index in [1.54, 1.807) is 0 Å². The molecule has 0 radical (unpaired) electrons. The minimum atomic E-state index is 0.390. The van der Waals surface area contributed by atoms with Crippen LogP contribution in [0.3, 0.4) is 0 Å². The number of fused-ring (bicyclic) bond motifs is 1. The quantitative estimate of drug-likeness (QED) is 0.785. The summed E-state index contributed by atoms with van der Waals surface area (Å²) in [4.78, 5) is 5.38. The lowest BCUT2D eigenvalue weighted by Crippen LogP contribution is -2.54. The summed E-state index contributed by atoms with van der Waals surface area (Å²) in [6.07, 6.45) is 6.73. The molecule has 2 heterocycles. The third-order valence-electron chi connectivity index (χ3n) is 5.41. The van der Waals surface area contributed by atoms with E-state index in [9.17, 15) is 0 Å². The van der Waals surface area contributed by atoms with E-state index in [0.29, 0.717) is 11.5 Å². The molecule has 98 valence electrons. The van der Waals surface area contributed by atoms with Gasteiger partial charge in [0.2, 0.25) is 0 Å². The summed E-state index contributed by atoms with van der Waals surface area (Å²) in [5.41, 5.74) is 6.69. The maximum Gasteiger partial charge on any atom is 0.0224 e. The molecular weight excluding hydrogens is 210 g/mol. The summed E-state index contributed by atoms with van der Waals surface area (Å²) in [5, 5.41) is 0. The van der Waals surface area contributed by atoms with E-state index in [0.717, 1.165) is 6.04 Å². The van der Waals surface area contributed by atoms with E-state index in [4.69, 9.17) is 5.73 Å². The molecule has 17 heavy (non-hydrogen) atoms. The molecular formula is C14H27N3. The molecule has 0 aromatic carbocycles. The normalized spacial score (nSPS) is 44.1. The van der Waals surface area contributed by atoms with E-state index >= 15 is 0 Å². The van der Waals surface area contributed by atoms with E-state index in [-0.39, 0.29) is 0 Å². The second-order valence-corrected chi connectivity index (χ2v) is 6.72. The third kappa shape index (κ3) is 2.25. The fraction of sp³-hybridized carbons (Fsp3) is 1.00. The Bertz CT molecular complexity index is 281. The van der Waals surface area contributed by atoms with Gasteiger partial charge < -0.3 is 5.73 Å². The van der Waals surface area contributed by atoms with Crippen molar-refractivity contribution < 1.29 is 0 Å². The minimum absolute atomic E-state index is 0.390. The first kappa shape index (κ1) is 11.9. The van der Waals surface area contributed by atoms with Gasteiger partial charge >= 0.3 is 0 Å². The standard InChI is InChI=1S/C14H27N3/c1-14(6-2-5-13(14)15)11-16-8-9-17-7-3-4-12(17)10-16/h12-13H,2-11,15H2,1H3. The molecule has 0 bridgehead atoms. The van der Waals surface area contributed by atoms with E-state index < -0.39 is 0 Å². The molecule has 3 atom stereocenters. The Morgan fingerprint density at radius 2 is 2.06 bits per heavy atom. The number of nitrogens with two attached hydrogens (primary N) is 1. The fourth-order valence-corrected chi connectivity index (χ4v) is 4.17. The van der Waals surface area contributed by atoms with Gasteiger partial charge in [-0.25, -0.2) is 0 Å². The Labute approximate surface area is 105 Å². The molecule has 2 saturated heterocycles. The molecule has 1 aliphatic carbocycles. The van der Waals surface area contributed by atoms with Crippen LogP contribution in [0.25, 0.3) is 0 Å². The van der Waals surface area contributed by atoms with Gasteiger partial charge in [0, 0.05) is 38.3 Å². The van der Waals surface area contributed by atoms with Gasteiger partial charge in [-0.1, -0.05) is 13.3 Å². The van der Waals surface area contributed by atoms with Crippen molar-refractivity contribution in [2.24, 2.45) is 11.1 Å². The van der Waals surface area contributed by atoms with Crippen molar-refractivity contribution in [3.05, 3.63) is 0 Å². The molecule has 3 unspecified atom stereocenters. The molecule has 0 aromatic rings. The predicted molar refractivity (Wildman–Crippen MR) is 71.0 cm³/mol. The van der Waals surface area contributed by atoms with Crippen LogP contribution in [0.5, 0.6) is 0 Å². The summed E-state index contributed by atoms with van der Waals surface area (Å²) in [5.74, 6) is 0. The molecule has 0 amide bonds. The van der Waals surface area contributed by atoms with Crippen LogP contribution in [-0.2, 0) is 0 Å². The lowest BCUT2D eigenvalue weighted by Gasteiger charge is -2.42. The van der Waals surface area contributed by atoms with Crippen LogP contribution in [0, 0.1) is 5.41 Å². The second kappa shape index (κ2) is 4.52. The van der Waals surface area contributed by atoms with Gasteiger partial charge in [0.25, 0.3) is 0 Å². The van der Waals surface area contributed by atoms with E-state index in [1.807, 2.05) is 0 Å². The second-order valence-electron chi connectivity index (χ2n) is 6.72. The topological polar surface area (TPSA) is 32.5 Å². The highest BCUT2D eigenvalue weighted by Crippen LogP contribution is 2.38. The number of hydrogen-bond donors (Lipinski definition) is 1. The molecule has 1 saturated carbocycles. The number of rotatable bonds is 2. The highest BCUT2D eigenvalue weighted by atomic mass is 15.3. The van der Waals surface area contributed by atoms with E-state index in [1.165, 1.54) is 64.8 Å². The van der Waals surface area contributed by atoms with Crippen molar-refractivity contribution in [2.75, 3.05) is 32.7 Å². The van der Waals surface area contributed by atoms with Crippen molar-refractivity contribution in [1.29, 1.82) is 0 Å². The highest BCUT2D eigenvalue weighted by Gasteiger charge is 2.39. The molecule has 2 aliphatic heterocycles. The molecule has 0 spiro atoms. The smallest absolute Gasteiger partial charge is 0.0224 e. The van der Waals surface area contributed by atoms with Gasteiger partial charge in [0.15, 0.2) is 0 Å². The van der Waals surface area contributed by atoms with Gasteiger partial charge in [-0.05, 0) is 37.6 Å². The maximum absolute atomic E-state index is 6.30. The van der Waals surface area contributed by atoms with Crippen LogP contribution in [0.2, 0.25) is 0 Å². The van der Waals surface area contributed by atoms with Crippen LogP contribution in [0.15, 0.2) is 0 Å². The molecule has 3 nitrogen and oxygen atoms in total. The Morgan fingerprint density at radius 1 is 1.18 bits per heavy atom. The van der Waals surface area contributed by atoms with Crippen molar-refractivity contribution >= 4 is 0 Å². The third-order valence-corrected chi connectivity index (χ3v) is 5.41. The van der Waals surface area contributed by atoms with Crippen LogP contribution >= 0.6 is 0 Å². The first-order valence-corrected chi connectivity index (χ1v) is 7.39. The van der Waals surface area contributed by atoms with Crippen LogP contribution in [-0.4, -0.2) is 54.6 Å². The average Bonchev–Trinajstić information content (AvgIpc) is 2.87. The first-order valence-electron chi connectivity index (χ1n) is 7.39. The zero-order valence-electron chi connectivity index (χ0n) is 11.2. The molecule has 0 aromatic heterocycles. The lowest BCUT2D eigenvalue weighted by molar-refractivity contribution is 0.0664. The van der Waals surface area contributed by atoms with Gasteiger partial charge in [-0.3, -0.25) is 9.80 Å². The molecule has 3 aliphatic rings. The first-order chi connectivity index (χ1) is 8.17. The zero-order valence-corrected chi connectivity index (χ0v) is 11.2. The highest BCUT2D eigenvalue weighted by molar-refractivity contribution is 4.96. The average molecular weight is 237 g/mol. The fourth-order valence-electron chi connectivity index (χ4n) is 4.17. The number of nitrogens with zero attached hydrogens (tertiary/aromatic N) is 2. The van der Waals surface area contributed by atoms with Crippen molar-refractivity contribution in [3.8, 4) is 0 Å². The molecule has 3 rings (SSSR count). The van der Waals surface area contributed by atoms with Gasteiger partial charge in [0.05, 0.1) is 0 Å². The Kier molecular flexibility index (Phi) is 3.18. The Hall–Kier alpha value is -0.120. The maximum atomic E-state index is 6.30. The molecule has 3 heteroatoms. The summed E-state index contributed by atoms with van der Waals surface area (Å²) in [7, 11) is 0. The Morgan fingerprint density at radius 3 is 2.82 bits per heavy atom. The summed E-state index contributed by atoms with van der Waals surface area (Å²) in [6.45, 7) is 8.83. The van der Waals surface area contributed by atoms with Crippen molar-refractivity contribution in [3.63, 3.8) is 0 Å². The van der Waals surface area contributed by atoms with Crippen molar-refractivity contribution in [1.82, 2.24) is 9.80 Å². The summed E-state index contributed by atoms with van der Waals surface area (Å²) in [6, 6.07) is 1.29. The van der Waals surface area contributed by atoms with Crippen LogP contribution in [0.4, 0.5) is 0 Å². The minimum Gasteiger partial charge on any atom is -0.327 e. The zero-order chi connectivity index (χ0) is 11.9. The summed E-state index contributed by atoms with van der Waals surface area (Å²) >= 11 is 0. The Balaban J connectivity index is 1.58. The largest absolute Gasteiger partial charge is 0.327 e. The SMILES string of the molecule is CC1(CN2CCN3CCCC3C2)CCCC1N. The monoisotopic (exact) mass is 237 g/mol. The van der Waals surface area contributed by atoms with Crippen LogP contribution < -0.4 is 5.73 Å². The van der Waals surface area contributed by atoms with Gasteiger partial charge in [0.1, 0.15) is 0 Å². The number of piperazine rings is 1. The molecule has 3 fully saturated rings.